The van der Waals surface area contributed by atoms with Gasteiger partial charge < -0.3 is 10.0 Å². The van der Waals surface area contributed by atoms with E-state index < -0.39 is 29.7 Å². The van der Waals surface area contributed by atoms with Gasteiger partial charge in [-0.2, -0.15) is 0 Å². The summed E-state index contributed by atoms with van der Waals surface area (Å²) in [6, 6.07) is 7.46. The molecule has 1 amide bonds. The summed E-state index contributed by atoms with van der Waals surface area (Å²) in [6.45, 7) is 1.83. The van der Waals surface area contributed by atoms with Crippen LogP contribution in [-0.4, -0.2) is 33.5 Å². The summed E-state index contributed by atoms with van der Waals surface area (Å²) in [5.74, 6) is -1.58. The molecule has 0 radical (unpaired) electrons. The van der Waals surface area contributed by atoms with Crippen molar-refractivity contribution in [3.63, 3.8) is 0 Å². The van der Waals surface area contributed by atoms with Gasteiger partial charge in [0.25, 0.3) is 5.91 Å². The highest BCUT2D eigenvalue weighted by atomic mass is 19.1. The molecule has 1 aliphatic heterocycles. The molecule has 120 valence electrons. The number of aromatic nitrogens is 1. The van der Waals surface area contributed by atoms with Gasteiger partial charge in [-0.05, 0) is 43.7 Å². The molecule has 1 saturated heterocycles. The van der Waals surface area contributed by atoms with Crippen LogP contribution in [0.5, 0.6) is 0 Å². The quantitative estimate of drug-likeness (QED) is 0.926. The lowest BCUT2D eigenvalue weighted by Gasteiger charge is -2.25. The van der Waals surface area contributed by atoms with Gasteiger partial charge in [0.05, 0.1) is 12.1 Å². The smallest absolute Gasteiger partial charge is 0.273 e. The Bertz CT molecular complexity index is 751. The third-order valence-electron chi connectivity index (χ3n) is 3.96. The number of amides is 1. The van der Waals surface area contributed by atoms with Crippen molar-refractivity contribution in [2.45, 2.75) is 25.5 Å². The zero-order valence-corrected chi connectivity index (χ0v) is 12.5. The molecule has 1 aromatic carbocycles. The van der Waals surface area contributed by atoms with E-state index in [2.05, 4.69) is 4.98 Å². The fourth-order valence-electron chi connectivity index (χ4n) is 2.91. The molecule has 0 aliphatic carbocycles. The minimum Gasteiger partial charge on any atom is -0.391 e. The van der Waals surface area contributed by atoms with E-state index in [0.717, 1.165) is 18.2 Å². The van der Waals surface area contributed by atoms with Crippen molar-refractivity contribution in [2.75, 3.05) is 6.54 Å². The average molecular weight is 318 g/mol. The lowest BCUT2D eigenvalue weighted by molar-refractivity contribution is 0.0707. The van der Waals surface area contributed by atoms with Crippen molar-refractivity contribution in [1.29, 1.82) is 0 Å². The lowest BCUT2D eigenvalue weighted by Crippen LogP contribution is -2.32. The molecule has 23 heavy (non-hydrogen) atoms. The monoisotopic (exact) mass is 318 g/mol. The minimum atomic E-state index is -0.781. The molecule has 1 fully saturated rings. The number of aliphatic hydroxyl groups is 1. The zero-order chi connectivity index (χ0) is 16.6. The summed E-state index contributed by atoms with van der Waals surface area (Å²) in [5, 5.41) is 9.91. The van der Waals surface area contributed by atoms with Crippen LogP contribution in [0.25, 0.3) is 0 Å². The second kappa shape index (κ2) is 6.04. The van der Waals surface area contributed by atoms with Crippen LogP contribution >= 0.6 is 0 Å². The molecule has 1 N–H and O–H groups in total. The molecule has 2 aromatic rings. The number of benzene rings is 1. The molecule has 3 rings (SSSR count). The molecule has 2 unspecified atom stereocenters. The van der Waals surface area contributed by atoms with Crippen LogP contribution in [0, 0.1) is 18.6 Å². The highest BCUT2D eigenvalue weighted by molar-refractivity contribution is 5.92. The van der Waals surface area contributed by atoms with Crippen molar-refractivity contribution in [2.24, 2.45) is 0 Å². The maximum Gasteiger partial charge on any atom is 0.273 e. The minimum absolute atomic E-state index is 0.0646. The van der Waals surface area contributed by atoms with E-state index >= 15 is 0 Å². The Morgan fingerprint density at radius 2 is 2.09 bits per heavy atom. The van der Waals surface area contributed by atoms with Crippen molar-refractivity contribution in [3.8, 4) is 0 Å². The Balaban J connectivity index is 1.97. The first kappa shape index (κ1) is 15.6. The van der Waals surface area contributed by atoms with E-state index in [0.29, 0.717) is 5.69 Å². The highest BCUT2D eigenvalue weighted by Crippen LogP contribution is 2.34. The first-order valence-electron chi connectivity index (χ1n) is 7.33. The van der Waals surface area contributed by atoms with E-state index in [1.165, 1.54) is 4.90 Å². The highest BCUT2D eigenvalue weighted by Gasteiger charge is 2.37. The standard InChI is InChI=1S/C17H16F2N2O2/c1-10-3-2-4-15(20-10)17(23)21-9-12(22)8-16(21)13-7-11(18)5-6-14(13)19/h2-7,12,16,22H,8-9H2,1H3. The van der Waals surface area contributed by atoms with Crippen molar-refractivity contribution >= 4 is 5.91 Å². The van der Waals surface area contributed by atoms with E-state index in [1.807, 2.05) is 0 Å². The van der Waals surface area contributed by atoms with Crippen LogP contribution in [0.1, 0.15) is 34.2 Å². The third-order valence-corrected chi connectivity index (χ3v) is 3.96. The summed E-state index contributed by atoms with van der Waals surface area (Å²) < 4.78 is 27.5. The van der Waals surface area contributed by atoms with Crippen LogP contribution in [-0.2, 0) is 0 Å². The summed E-state index contributed by atoms with van der Waals surface area (Å²) in [4.78, 5) is 18.2. The normalized spacial score (nSPS) is 20.8. The number of aryl methyl sites for hydroxylation is 1. The van der Waals surface area contributed by atoms with E-state index in [4.69, 9.17) is 0 Å². The van der Waals surface area contributed by atoms with Gasteiger partial charge in [-0.3, -0.25) is 4.79 Å². The Labute approximate surface area is 132 Å². The van der Waals surface area contributed by atoms with Crippen molar-refractivity contribution in [1.82, 2.24) is 9.88 Å². The number of aliphatic hydroxyl groups excluding tert-OH is 1. The predicted molar refractivity (Wildman–Crippen MR) is 79.7 cm³/mol. The first-order valence-corrected chi connectivity index (χ1v) is 7.33. The summed E-state index contributed by atoms with van der Waals surface area (Å²) >= 11 is 0. The van der Waals surface area contributed by atoms with Gasteiger partial charge in [0.15, 0.2) is 0 Å². The van der Waals surface area contributed by atoms with Gasteiger partial charge >= 0.3 is 0 Å². The SMILES string of the molecule is Cc1cccc(C(=O)N2CC(O)CC2c2cc(F)ccc2F)n1. The van der Waals surface area contributed by atoms with Gasteiger partial charge in [0.1, 0.15) is 17.3 Å². The van der Waals surface area contributed by atoms with Crippen molar-refractivity contribution in [3.05, 3.63) is 65.0 Å². The molecule has 6 heteroatoms. The van der Waals surface area contributed by atoms with Crippen LogP contribution < -0.4 is 0 Å². The number of hydrogen-bond donors (Lipinski definition) is 1. The fraction of sp³-hybridized carbons (Fsp3) is 0.294. The number of nitrogens with zero attached hydrogens (tertiary/aromatic N) is 2. The van der Waals surface area contributed by atoms with Crippen molar-refractivity contribution < 1.29 is 18.7 Å². The van der Waals surface area contributed by atoms with Crippen LogP contribution in [0.3, 0.4) is 0 Å². The molecule has 4 nitrogen and oxygen atoms in total. The topological polar surface area (TPSA) is 53.4 Å². The zero-order valence-electron chi connectivity index (χ0n) is 12.5. The Morgan fingerprint density at radius 3 is 2.83 bits per heavy atom. The van der Waals surface area contributed by atoms with E-state index in [-0.39, 0.29) is 24.2 Å². The van der Waals surface area contributed by atoms with E-state index in [1.54, 1.807) is 25.1 Å². The van der Waals surface area contributed by atoms with Gasteiger partial charge in [-0.1, -0.05) is 6.07 Å². The summed E-state index contributed by atoms with van der Waals surface area (Å²) in [6.07, 6.45) is -0.616. The summed E-state index contributed by atoms with van der Waals surface area (Å²) in [7, 11) is 0. The molecule has 0 bridgehead atoms. The van der Waals surface area contributed by atoms with Gasteiger partial charge in [-0.25, -0.2) is 13.8 Å². The van der Waals surface area contributed by atoms with E-state index in [9.17, 15) is 18.7 Å². The summed E-state index contributed by atoms with van der Waals surface area (Å²) in [5.41, 5.74) is 0.979. The second-order valence-corrected chi connectivity index (χ2v) is 5.69. The predicted octanol–water partition coefficient (Wildman–Crippen LogP) is 2.62. The van der Waals surface area contributed by atoms with Gasteiger partial charge in [-0.15, -0.1) is 0 Å². The fourth-order valence-corrected chi connectivity index (χ4v) is 2.91. The number of carbonyl (C=O) groups excluding carboxylic acids is 1. The van der Waals surface area contributed by atoms with Gasteiger partial charge in [0, 0.05) is 17.8 Å². The number of pyridine rings is 1. The number of β-amino-alcohol motifs (C(OH)–C–C–N with tert-alkyl or cyclic N) is 1. The molecule has 2 atom stereocenters. The molecule has 0 saturated carbocycles. The third kappa shape index (κ3) is 3.07. The van der Waals surface area contributed by atoms with Crippen LogP contribution in [0.15, 0.2) is 36.4 Å². The Kier molecular flexibility index (Phi) is 4.09. The number of hydrogen-bond acceptors (Lipinski definition) is 3. The Hall–Kier alpha value is -2.34. The lowest BCUT2D eigenvalue weighted by atomic mass is 10.0. The number of halogens is 2. The maximum atomic E-state index is 14.0. The molecule has 0 spiro atoms. The average Bonchev–Trinajstić information content (AvgIpc) is 2.90. The molecular weight excluding hydrogens is 302 g/mol. The van der Waals surface area contributed by atoms with Crippen LogP contribution in [0.2, 0.25) is 0 Å². The largest absolute Gasteiger partial charge is 0.391 e. The number of rotatable bonds is 2. The first-order chi connectivity index (χ1) is 11.0. The number of likely N-dealkylation sites (tertiary alicyclic amines) is 1. The van der Waals surface area contributed by atoms with Crippen LogP contribution in [0.4, 0.5) is 8.78 Å². The molecule has 1 aromatic heterocycles. The molecule has 1 aliphatic rings. The maximum absolute atomic E-state index is 14.0. The molecular formula is C17H16F2N2O2. The Morgan fingerprint density at radius 1 is 1.30 bits per heavy atom. The number of carbonyl (C=O) groups is 1. The molecule has 2 heterocycles. The second-order valence-electron chi connectivity index (χ2n) is 5.69. The van der Waals surface area contributed by atoms with Gasteiger partial charge in [0.2, 0.25) is 0 Å².